The Morgan fingerprint density at radius 2 is 2.07 bits per heavy atom. The van der Waals surface area contributed by atoms with Gasteiger partial charge in [-0.1, -0.05) is 0 Å². The van der Waals surface area contributed by atoms with Crippen molar-refractivity contribution in [3.8, 4) is 0 Å². The predicted molar refractivity (Wildman–Crippen MR) is 100 cm³/mol. The van der Waals surface area contributed by atoms with Gasteiger partial charge in [0, 0.05) is 64.2 Å². The Hall–Kier alpha value is -2.40. The molecule has 0 amide bonds. The normalized spacial score (nSPS) is 16.7. The molecule has 1 saturated carbocycles. The molecule has 0 radical (unpaired) electrons. The molecule has 0 bridgehead atoms. The monoisotopic (exact) mass is 429 g/mol. The number of halogens is 3. The number of nitrogens with zero attached hydrogens (tertiary/aromatic N) is 5. The number of methoxy groups -OCH3 is 1. The van der Waals surface area contributed by atoms with Crippen molar-refractivity contribution in [2.45, 2.75) is 51.7 Å². The molecule has 2 aromatic heterocycles. The second-order valence-electron chi connectivity index (χ2n) is 7.69. The van der Waals surface area contributed by atoms with Gasteiger partial charge in [0.1, 0.15) is 0 Å². The van der Waals surface area contributed by atoms with E-state index in [0.29, 0.717) is 6.61 Å². The summed E-state index contributed by atoms with van der Waals surface area (Å²) in [6, 6.07) is 0. The largest absolute Gasteiger partial charge is 0.490 e. The molecule has 166 valence electrons. The summed E-state index contributed by atoms with van der Waals surface area (Å²) < 4.78 is 41.5. The lowest BCUT2D eigenvalue weighted by Gasteiger charge is -2.27. The number of aryl methyl sites for hydroxylation is 1. The number of aliphatic carboxylic acids is 1. The molecule has 11 heteroatoms. The van der Waals surface area contributed by atoms with E-state index in [2.05, 4.69) is 26.2 Å². The number of carboxylic acids is 1. The fourth-order valence-corrected chi connectivity index (χ4v) is 3.47. The van der Waals surface area contributed by atoms with E-state index in [1.807, 2.05) is 12.5 Å². The molecular formula is C19H26F3N5O3. The lowest BCUT2D eigenvalue weighted by molar-refractivity contribution is -0.192. The number of carboxylic acid groups (broad SMARTS) is 1. The van der Waals surface area contributed by atoms with Gasteiger partial charge in [0.15, 0.2) is 0 Å². The highest BCUT2D eigenvalue weighted by Crippen LogP contribution is 2.33. The number of fused-ring (bicyclic) bond motifs is 1. The van der Waals surface area contributed by atoms with Crippen molar-refractivity contribution in [2.75, 3.05) is 13.7 Å². The van der Waals surface area contributed by atoms with Crippen molar-refractivity contribution in [2.24, 2.45) is 13.0 Å². The Balaban J connectivity index is 0.000000318. The Bertz CT molecular complexity index is 873. The standard InChI is InChI=1S/C17H25N5O.C2HF3O2/c1-20-12-18-7-14(20)9-21-6-5-17-15(10-21)16(11-23-2)19-22(17)8-13-3-4-13;3-2(4,5)1(6)7/h7,12-13H,3-6,8-11H2,1-2H3;(H,6,7). The number of rotatable bonds is 6. The zero-order chi connectivity index (χ0) is 21.9. The number of hydrogen-bond acceptors (Lipinski definition) is 5. The Morgan fingerprint density at radius 1 is 1.37 bits per heavy atom. The van der Waals surface area contributed by atoms with Gasteiger partial charge >= 0.3 is 12.1 Å². The van der Waals surface area contributed by atoms with Crippen LogP contribution in [0.5, 0.6) is 0 Å². The molecule has 1 aliphatic heterocycles. The van der Waals surface area contributed by atoms with Gasteiger partial charge in [-0.25, -0.2) is 9.78 Å². The maximum Gasteiger partial charge on any atom is 0.490 e. The van der Waals surface area contributed by atoms with E-state index in [-0.39, 0.29) is 0 Å². The minimum Gasteiger partial charge on any atom is -0.475 e. The van der Waals surface area contributed by atoms with Crippen molar-refractivity contribution >= 4 is 5.97 Å². The number of imidazole rings is 1. The van der Waals surface area contributed by atoms with Crippen LogP contribution in [0.4, 0.5) is 13.2 Å². The predicted octanol–water partition coefficient (Wildman–Crippen LogP) is 2.36. The molecule has 30 heavy (non-hydrogen) atoms. The van der Waals surface area contributed by atoms with Gasteiger partial charge in [0.2, 0.25) is 0 Å². The molecule has 1 aliphatic carbocycles. The molecule has 4 rings (SSSR count). The summed E-state index contributed by atoms with van der Waals surface area (Å²) in [5.41, 5.74) is 5.20. The fraction of sp³-hybridized carbons (Fsp3) is 0.632. The van der Waals surface area contributed by atoms with E-state index < -0.39 is 12.1 Å². The molecule has 0 aromatic carbocycles. The third-order valence-electron chi connectivity index (χ3n) is 5.25. The SMILES string of the molecule is COCc1nn(CC2CC2)c2c1CN(Cc1cncn1C)CC2.O=C(O)C(F)(F)F. The molecule has 0 saturated heterocycles. The summed E-state index contributed by atoms with van der Waals surface area (Å²) >= 11 is 0. The lowest BCUT2D eigenvalue weighted by Crippen LogP contribution is -2.31. The Labute approximate surface area is 172 Å². The average molecular weight is 429 g/mol. The molecule has 2 aromatic rings. The molecule has 3 heterocycles. The van der Waals surface area contributed by atoms with Crippen LogP contribution in [-0.2, 0) is 49.2 Å². The summed E-state index contributed by atoms with van der Waals surface area (Å²) in [6.45, 7) is 4.69. The van der Waals surface area contributed by atoms with E-state index in [0.717, 1.165) is 44.2 Å². The van der Waals surface area contributed by atoms with Gasteiger partial charge < -0.3 is 14.4 Å². The highest BCUT2D eigenvalue weighted by Gasteiger charge is 2.38. The van der Waals surface area contributed by atoms with E-state index in [1.165, 1.54) is 29.8 Å². The van der Waals surface area contributed by atoms with Crippen LogP contribution in [0.15, 0.2) is 12.5 Å². The van der Waals surface area contributed by atoms with Crippen LogP contribution in [0, 0.1) is 5.92 Å². The maximum atomic E-state index is 10.6. The number of carbonyl (C=O) groups is 1. The van der Waals surface area contributed by atoms with Gasteiger partial charge in [-0.3, -0.25) is 9.58 Å². The summed E-state index contributed by atoms with van der Waals surface area (Å²) in [7, 11) is 3.81. The quantitative estimate of drug-likeness (QED) is 0.759. The second kappa shape index (κ2) is 9.17. The summed E-state index contributed by atoms with van der Waals surface area (Å²) in [6.07, 6.45) is 2.55. The molecule has 0 unspecified atom stereocenters. The zero-order valence-electron chi connectivity index (χ0n) is 17.0. The third-order valence-corrected chi connectivity index (χ3v) is 5.25. The van der Waals surface area contributed by atoms with E-state index in [9.17, 15) is 13.2 Å². The number of hydrogen-bond donors (Lipinski definition) is 1. The molecule has 0 spiro atoms. The first-order chi connectivity index (χ1) is 14.2. The minimum atomic E-state index is -5.08. The van der Waals surface area contributed by atoms with Gasteiger partial charge in [-0.05, 0) is 18.8 Å². The minimum absolute atomic E-state index is 0.611. The third kappa shape index (κ3) is 5.60. The zero-order valence-corrected chi connectivity index (χ0v) is 17.0. The van der Waals surface area contributed by atoms with Crippen LogP contribution in [0.2, 0.25) is 0 Å². The number of aromatic nitrogens is 4. The van der Waals surface area contributed by atoms with Gasteiger partial charge in [0.05, 0.1) is 24.3 Å². The maximum absolute atomic E-state index is 10.6. The van der Waals surface area contributed by atoms with Crippen LogP contribution in [0.1, 0.15) is 35.5 Å². The average Bonchev–Trinajstić information content (AvgIpc) is 3.32. The molecule has 8 nitrogen and oxygen atoms in total. The highest BCUT2D eigenvalue weighted by molar-refractivity contribution is 5.73. The van der Waals surface area contributed by atoms with Crippen molar-refractivity contribution < 1.29 is 27.8 Å². The number of ether oxygens (including phenoxy) is 1. The fourth-order valence-electron chi connectivity index (χ4n) is 3.47. The molecule has 1 N–H and O–H groups in total. The first-order valence-corrected chi connectivity index (χ1v) is 9.73. The highest BCUT2D eigenvalue weighted by atomic mass is 19.4. The first kappa shape index (κ1) is 22.3. The first-order valence-electron chi connectivity index (χ1n) is 9.73. The summed E-state index contributed by atoms with van der Waals surface area (Å²) in [4.78, 5) is 15.6. The topological polar surface area (TPSA) is 85.4 Å². The summed E-state index contributed by atoms with van der Waals surface area (Å²) in [5.74, 6) is -1.91. The smallest absolute Gasteiger partial charge is 0.475 e. The van der Waals surface area contributed by atoms with E-state index in [4.69, 9.17) is 19.7 Å². The van der Waals surface area contributed by atoms with Crippen LogP contribution in [-0.4, -0.2) is 55.1 Å². The molecule has 1 fully saturated rings. The Kier molecular flexibility index (Phi) is 6.81. The van der Waals surface area contributed by atoms with Gasteiger partial charge in [-0.15, -0.1) is 0 Å². The van der Waals surface area contributed by atoms with Crippen molar-refractivity contribution in [1.29, 1.82) is 0 Å². The van der Waals surface area contributed by atoms with Crippen molar-refractivity contribution in [3.63, 3.8) is 0 Å². The van der Waals surface area contributed by atoms with Gasteiger partial charge in [0.25, 0.3) is 0 Å². The van der Waals surface area contributed by atoms with Crippen molar-refractivity contribution in [1.82, 2.24) is 24.2 Å². The summed E-state index contributed by atoms with van der Waals surface area (Å²) in [5, 5.41) is 12.0. The van der Waals surface area contributed by atoms with Crippen molar-refractivity contribution in [3.05, 3.63) is 35.2 Å². The number of alkyl halides is 3. The van der Waals surface area contributed by atoms with Gasteiger partial charge in [-0.2, -0.15) is 18.3 Å². The van der Waals surface area contributed by atoms with Crippen LogP contribution in [0.3, 0.4) is 0 Å². The lowest BCUT2D eigenvalue weighted by atomic mass is 10.0. The second-order valence-corrected chi connectivity index (χ2v) is 7.69. The molecule has 2 aliphatic rings. The van der Waals surface area contributed by atoms with Crippen LogP contribution < -0.4 is 0 Å². The van der Waals surface area contributed by atoms with Crippen LogP contribution >= 0.6 is 0 Å². The molecular weight excluding hydrogens is 403 g/mol. The Morgan fingerprint density at radius 3 is 2.60 bits per heavy atom. The van der Waals surface area contributed by atoms with Crippen LogP contribution in [0.25, 0.3) is 0 Å². The van der Waals surface area contributed by atoms with E-state index in [1.54, 1.807) is 7.11 Å². The molecule has 0 atom stereocenters. The van der Waals surface area contributed by atoms with E-state index >= 15 is 0 Å².